The lowest BCUT2D eigenvalue weighted by Crippen LogP contribution is -2.15. The van der Waals surface area contributed by atoms with Gasteiger partial charge < -0.3 is 14.8 Å². The van der Waals surface area contributed by atoms with Crippen molar-refractivity contribution < 1.29 is 27.4 Å². The van der Waals surface area contributed by atoms with Gasteiger partial charge in [-0.25, -0.2) is 9.78 Å². The fourth-order valence-corrected chi connectivity index (χ4v) is 1.94. The first-order chi connectivity index (χ1) is 11.4. The second-order valence-corrected chi connectivity index (χ2v) is 4.59. The molecule has 2 heterocycles. The Balaban J connectivity index is 2.34. The number of ether oxygens (including phenoxy) is 2. The van der Waals surface area contributed by atoms with Crippen molar-refractivity contribution in [1.29, 1.82) is 0 Å². The summed E-state index contributed by atoms with van der Waals surface area (Å²) >= 11 is 0. The van der Waals surface area contributed by atoms with Gasteiger partial charge in [-0.1, -0.05) is 0 Å². The largest absolute Gasteiger partial charge is 0.495 e. The van der Waals surface area contributed by atoms with E-state index in [1.165, 1.54) is 13.3 Å². The minimum Gasteiger partial charge on any atom is -0.495 e. The maximum Gasteiger partial charge on any atom is 0.433 e. The van der Waals surface area contributed by atoms with Crippen LogP contribution in [0.15, 0.2) is 30.5 Å². The Morgan fingerprint density at radius 3 is 2.62 bits per heavy atom. The summed E-state index contributed by atoms with van der Waals surface area (Å²) in [4.78, 5) is 19.3. The normalized spacial score (nSPS) is 11.0. The third-order valence-corrected chi connectivity index (χ3v) is 3.08. The van der Waals surface area contributed by atoms with Gasteiger partial charge in [-0.05, 0) is 24.3 Å². The molecule has 2 rings (SSSR count). The van der Waals surface area contributed by atoms with E-state index in [4.69, 9.17) is 4.74 Å². The lowest BCUT2D eigenvalue weighted by atomic mass is 10.2. The van der Waals surface area contributed by atoms with Gasteiger partial charge in [0.1, 0.15) is 28.5 Å². The van der Waals surface area contributed by atoms with E-state index >= 15 is 0 Å². The van der Waals surface area contributed by atoms with E-state index < -0.39 is 17.8 Å². The zero-order chi connectivity index (χ0) is 17.7. The summed E-state index contributed by atoms with van der Waals surface area (Å²) in [6, 6.07) is 5.05. The molecule has 0 amide bonds. The van der Waals surface area contributed by atoms with E-state index in [-0.39, 0.29) is 17.9 Å². The van der Waals surface area contributed by atoms with Gasteiger partial charge in [0.2, 0.25) is 0 Å². The SMILES string of the molecule is COC(=O)c1ccc(C(F)(F)F)nc1NCc1ncccc1OC. The number of anilines is 1. The molecule has 2 aromatic heterocycles. The summed E-state index contributed by atoms with van der Waals surface area (Å²) in [7, 11) is 2.58. The van der Waals surface area contributed by atoms with Gasteiger partial charge in [-0.2, -0.15) is 13.2 Å². The second kappa shape index (κ2) is 7.16. The Hall–Kier alpha value is -2.84. The van der Waals surface area contributed by atoms with Gasteiger partial charge in [-0.3, -0.25) is 4.98 Å². The highest BCUT2D eigenvalue weighted by molar-refractivity contribution is 5.94. The average Bonchev–Trinajstić information content (AvgIpc) is 2.58. The highest BCUT2D eigenvalue weighted by atomic mass is 19.4. The van der Waals surface area contributed by atoms with E-state index in [0.717, 1.165) is 19.2 Å². The predicted molar refractivity (Wildman–Crippen MR) is 78.7 cm³/mol. The molecule has 9 heteroatoms. The number of esters is 1. The van der Waals surface area contributed by atoms with Crippen LogP contribution >= 0.6 is 0 Å². The van der Waals surface area contributed by atoms with Crippen molar-refractivity contribution in [3.63, 3.8) is 0 Å². The van der Waals surface area contributed by atoms with Crippen LogP contribution in [0.5, 0.6) is 5.75 Å². The number of aromatic nitrogens is 2. The third-order valence-electron chi connectivity index (χ3n) is 3.08. The molecular formula is C15H14F3N3O3. The zero-order valence-corrected chi connectivity index (χ0v) is 12.8. The molecule has 6 nitrogen and oxygen atoms in total. The van der Waals surface area contributed by atoms with Crippen molar-refractivity contribution in [3.8, 4) is 5.75 Å². The van der Waals surface area contributed by atoms with Crippen LogP contribution in [0.25, 0.3) is 0 Å². The van der Waals surface area contributed by atoms with Crippen LogP contribution in [0, 0.1) is 0 Å². The number of nitrogens with zero attached hydrogens (tertiary/aromatic N) is 2. The highest BCUT2D eigenvalue weighted by Gasteiger charge is 2.33. The maximum atomic E-state index is 12.8. The number of carbonyl (C=O) groups excluding carboxylic acids is 1. The number of hydrogen-bond acceptors (Lipinski definition) is 6. The lowest BCUT2D eigenvalue weighted by molar-refractivity contribution is -0.141. The van der Waals surface area contributed by atoms with Crippen molar-refractivity contribution in [2.45, 2.75) is 12.7 Å². The highest BCUT2D eigenvalue weighted by Crippen LogP contribution is 2.30. The summed E-state index contributed by atoms with van der Waals surface area (Å²) < 4.78 is 48.2. The van der Waals surface area contributed by atoms with Gasteiger partial charge in [-0.15, -0.1) is 0 Å². The van der Waals surface area contributed by atoms with E-state index in [2.05, 4.69) is 20.0 Å². The molecule has 2 aromatic rings. The molecule has 0 aliphatic rings. The molecule has 0 unspecified atom stereocenters. The number of rotatable bonds is 5. The van der Waals surface area contributed by atoms with Gasteiger partial charge in [0, 0.05) is 6.20 Å². The Labute approximate surface area is 135 Å². The van der Waals surface area contributed by atoms with E-state index in [1.807, 2.05) is 0 Å². The van der Waals surface area contributed by atoms with Crippen LogP contribution in [-0.4, -0.2) is 30.2 Å². The van der Waals surface area contributed by atoms with Crippen LogP contribution in [-0.2, 0) is 17.5 Å². The van der Waals surface area contributed by atoms with Crippen LogP contribution in [0.4, 0.5) is 19.0 Å². The molecule has 0 fully saturated rings. The monoisotopic (exact) mass is 341 g/mol. The summed E-state index contributed by atoms with van der Waals surface area (Å²) in [5.74, 6) is -0.590. The quantitative estimate of drug-likeness (QED) is 0.843. The number of carbonyl (C=O) groups is 1. The number of pyridine rings is 2. The maximum absolute atomic E-state index is 12.8. The van der Waals surface area contributed by atoms with Crippen molar-refractivity contribution in [3.05, 3.63) is 47.4 Å². The summed E-state index contributed by atoms with van der Waals surface area (Å²) in [5, 5.41) is 2.68. The fraction of sp³-hybridized carbons (Fsp3) is 0.267. The number of nitrogens with one attached hydrogen (secondary N) is 1. The minimum atomic E-state index is -4.63. The molecule has 0 radical (unpaired) electrons. The molecule has 0 spiro atoms. The van der Waals surface area contributed by atoms with Crippen LogP contribution in [0.3, 0.4) is 0 Å². The average molecular weight is 341 g/mol. The van der Waals surface area contributed by atoms with Crippen molar-refractivity contribution in [2.24, 2.45) is 0 Å². The first-order valence-electron chi connectivity index (χ1n) is 6.75. The van der Waals surface area contributed by atoms with Crippen LogP contribution in [0.1, 0.15) is 21.7 Å². The lowest BCUT2D eigenvalue weighted by Gasteiger charge is -2.14. The Morgan fingerprint density at radius 1 is 1.25 bits per heavy atom. The Bertz CT molecular complexity index is 735. The molecule has 128 valence electrons. The van der Waals surface area contributed by atoms with E-state index in [1.54, 1.807) is 12.1 Å². The number of halogens is 3. The van der Waals surface area contributed by atoms with Crippen LogP contribution in [0.2, 0.25) is 0 Å². The van der Waals surface area contributed by atoms with Crippen LogP contribution < -0.4 is 10.1 Å². The zero-order valence-electron chi connectivity index (χ0n) is 12.8. The van der Waals surface area contributed by atoms with Gasteiger partial charge in [0.25, 0.3) is 0 Å². The van der Waals surface area contributed by atoms with E-state index in [0.29, 0.717) is 11.4 Å². The van der Waals surface area contributed by atoms with Gasteiger partial charge in [0.05, 0.1) is 20.8 Å². The first kappa shape index (κ1) is 17.5. The predicted octanol–water partition coefficient (Wildman–Crippen LogP) is 2.90. The molecule has 0 bridgehead atoms. The number of alkyl halides is 3. The summed E-state index contributed by atoms with van der Waals surface area (Å²) in [5.41, 5.74) is -0.777. The van der Waals surface area contributed by atoms with Crippen molar-refractivity contribution in [2.75, 3.05) is 19.5 Å². The summed E-state index contributed by atoms with van der Waals surface area (Å²) in [6.45, 7) is 0.0162. The molecular weight excluding hydrogens is 327 g/mol. The molecule has 0 saturated heterocycles. The van der Waals surface area contributed by atoms with Crippen molar-refractivity contribution in [1.82, 2.24) is 9.97 Å². The van der Waals surface area contributed by atoms with Gasteiger partial charge >= 0.3 is 12.1 Å². The molecule has 0 aromatic carbocycles. The Morgan fingerprint density at radius 2 is 2.00 bits per heavy atom. The fourth-order valence-electron chi connectivity index (χ4n) is 1.94. The summed E-state index contributed by atoms with van der Waals surface area (Å²) in [6.07, 6.45) is -3.12. The first-order valence-corrected chi connectivity index (χ1v) is 6.75. The second-order valence-electron chi connectivity index (χ2n) is 4.59. The minimum absolute atomic E-state index is 0.0162. The molecule has 0 aliphatic carbocycles. The standard InChI is InChI=1S/C15H14F3N3O3/c1-23-11-4-3-7-19-10(11)8-20-13-9(14(22)24-2)5-6-12(21-13)15(16,17)18/h3-7H,8H2,1-2H3,(H,20,21). The molecule has 0 saturated carbocycles. The molecule has 0 aliphatic heterocycles. The number of hydrogen-bond donors (Lipinski definition) is 1. The van der Waals surface area contributed by atoms with E-state index in [9.17, 15) is 18.0 Å². The molecule has 1 N–H and O–H groups in total. The van der Waals surface area contributed by atoms with Gasteiger partial charge in [0.15, 0.2) is 0 Å². The van der Waals surface area contributed by atoms with Crippen molar-refractivity contribution >= 4 is 11.8 Å². The molecule has 0 atom stereocenters. The topological polar surface area (TPSA) is 73.3 Å². The molecule has 24 heavy (non-hydrogen) atoms. The Kier molecular flexibility index (Phi) is 5.22. The smallest absolute Gasteiger partial charge is 0.433 e. The third kappa shape index (κ3) is 3.92. The number of methoxy groups -OCH3 is 2.